The molecule has 31 heavy (non-hydrogen) atoms. The van der Waals surface area contributed by atoms with Crippen LogP contribution in [0, 0.1) is 6.57 Å². The lowest BCUT2D eigenvalue weighted by Crippen LogP contribution is -2.45. The van der Waals surface area contributed by atoms with Gasteiger partial charge in [-0.05, 0) is 37.1 Å². The molecule has 1 aromatic carbocycles. The first kappa shape index (κ1) is 23.1. The normalized spacial score (nSPS) is 15.5. The molecule has 0 spiro atoms. The van der Waals surface area contributed by atoms with Crippen molar-refractivity contribution >= 4 is 35.5 Å². The average molecular weight is 423 g/mol. The predicted molar refractivity (Wildman–Crippen MR) is 113 cm³/mol. The van der Waals surface area contributed by atoms with Gasteiger partial charge in [-0.25, -0.2) is 4.85 Å². The number of likely N-dealkylation sites (N-methyl/N-ethyl adjacent to an activating group) is 1. The summed E-state index contributed by atoms with van der Waals surface area (Å²) in [5, 5.41) is 17.9. The highest BCUT2D eigenvalue weighted by atomic mass is 16.4. The molecule has 2 rings (SSSR count). The van der Waals surface area contributed by atoms with Crippen LogP contribution in [0.5, 0.6) is 0 Å². The van der Waals surface area contributed by atoms with E-state index in [4.69, 9.17) is 16.8 Å². The highest BCUT2D eigenvalue weighted by Crippen LogP contribution is 2.26. The Kier molecular flexibility index (Phi) is 7.47. The van der Waals surface area contributed by atoms with Crippen LogP contribution < -0.4 is 4.90 Å². The maximum Gasteiger partial charge on any atom is 0.323 e. The SMILES string of the molecule is [C-]#[N+]C1=C(C)/C(=C/C=Cc2ccc(N(CC)CC(=O)O)cc2)C(=O)N(CC(=O)O)C1=O. The number of imide groups is 1. The van der Waals surface area contributed by atoms with Crippen LogP contribution in [0.1, 0.15) is 19.4 Å². The second kappa shape index (κ2) is 10.0. The molecule has 1 aromatic rings. The lowest BCUT2D eigenvalue weighted by molar-refractivity contribution is -0.149. The Hall–Kier alpha value is -4.19. The van der Waals surface area contributed by atoms with Crippen LogP contribution in [0.15, 0.2) is 53.3 Å². The molecule has 2 N–H and O–H groups in total. The molecule has 1 aliphatic heterocycles. The van der Waals surface area contributed by atoms with E-state index < -0.39 is 30.3 Å². The molecule has 0 aliphatic carbocycles. The third-order valence-corrected chi connectivity index (χ3v) is 4.61. The van der Waals surface area contributed by atoms with E-state index in [0.717, 1.165) is 11.3 Å². The van der Waals surface area contributed by atoms with Gasteiger partial charge in [0.25, 0.3) is 17.5 Å². The van der Waals surface area contributed by atoms with Gasteiger partial charge in [-0.3, -0.25) is 24.1 Å². The molecule has 0 unspecified atom stereocenters. The molecule has 0 fully saturated rings. The second-order valence-electron chi connectivity index (χ2n) is 6.61. The molecule has 1 heterocycles. The number of hydrogen-bond donors (Lipinski definition) is 2. The topological polar surface area (TPSA) is 120 Å². The number of anilines is 1. The number of benzene rings is 1. The number of aliphatic carboxylic acids is 2. The highest BCUT2D eigenvalue weighted by molar-refractivity contribution is 6.18. The zero-order valence-electron chi connectivity index (χ0n) is 17.0. The third-order valence-electron chi connectivity index (χ3n) is 4.61. The largest absolute Gasteiger partial charge is 0.480 e. The van der Waals surface area contributed by atoms with Gasteiger partial charge in [0.15, 0.2) is 0 Å². The average Bonchev–Trinajstić information content (AvgIpc) is 2.72. The van der Waals surface area contributed by atoms with Crippen LogP contribution in [0.4, 0.5) is 5.69 Å². The number of allylic oxidation sites excluding steroid dienone is 2. The van der Waals surface area contributed by atoms with Crippen LogP contribution in [0.2, 0.25) is 0 Å². The molecule has 0 saturated heterocycles. The number of rotatable bonds is 8. The molecule has 9 nitrogen and oxygen atoms in total. The second-order valence-corrected chi connectivity index (χ2v) is 6.61. The summed E-state index contributed by atoms with van der Waals surface area (Å²) in [6.45, 7) is 10.1. The molecule has 0 atom stereocenters. The molecule has 1 aliphatic rings. The van der Waals surface area contributed by atoms with E-state index in [9.17, 15) is 19.2 Å². The number of nitrogens with zero attached hydrogens (tertiary/aromatic N) is 3. The van der Waals surface area contributed by atoms with Crippen molar-refractivity contribution in [3.05, 3.63) is 70.2 Å². The first-order valence-corrected chi connectivity index (χ1v) is 9.31. The van der Waals surface area contributed by atoms with Crippen molar-refractivity contribution in [3.63, 3.8) is 0 Å². The van der Waals surface area contributed by atoms with E-state index in [1.807, 2.05) is 6.92 Å². The van der Waals surface area contributed by atoms with Crippen molar-refractivity contribution < 1.29 is 29.4 Å². The van der Waals surface area contributed by atoms with E-state index in [1.165, 1.54) is 13.0 Å². The molecular weight excluding hydrogens is 402 g/mol. The predicted octanol–water partition coefficient (Wildman–Crippen LogP) is 2.18. The molecule has 0 saturated carbocycles. The van der Waals surface area contributed by atoms with Crippen molar-refractivity contribution in [2.75, 3.05) is 24.5 Å². The fraction of sp³-hybridized carbons (Fsp3) is 0.227. The quantitative estimate of drug-likeness (QED) is 0.374. The Bertz CT molecular complexity index is 1040. The molecule has 2 amide bonds. The van der Waals surface area contributed by atoms with Gasteiger partial charge >= 0.3 is 11.9 Å². The Morgan fingerprint density at radius 1 is 1.13 bits per heavy atom. The third kappa shape index (κ3) is 5.45. The number of carbonyl (C=O) groups excluding carboxylic acids is 2. The standard InChI is InChI=1S/C22H21N3O6/c1-4-24(12-18(26)27)16-10-8-15(9-11-16)6-5-7-17-14(2)20(23-3)22(31)25(21(17)30)13-19(28)29/h5-11H,4,12-13H2,1-2H3,(H,26,27)(H,28,29)/b6-5?,17-7-. The van der Waals surface area contributed by atoms with Crippen LogP contribution in [0.25, 0.3) is 10.9 Å². The van der Waals surface area contributed by atoms with E-state index >= 15 is 0 Å². The fourth-order valence-electron chi connectivity index (χ4n) is 3.02. The van der Waals surface area contributed by atoms with Crippen molar-refractivity contribution in [1.29, 1.82) is 0 Å². The van der Waals surface area contributed by atoms with Gasteiger partial charge in [0.2, 0.25) is 0 Å². The number of hydrogen-bond acceptors (Lipinski definition) is 5. The number of carbonyl (C=O) groups is 4. The molecule has 0 aromatic heterocycles. The van der Waals surface area contributed by atoms with Crippen LogP contribution in [-0.4, -0.2) is 58.5 Å². The van der Waals surface area contributed by atoms with Gasteiger partial charge in [-0.15, -0.1) is 0 Å². The van der Waals surface area contributed by atoms with Gasteiger partial charge in [0, 0.05) is 17.8 Å². The van der Waals surface area contributed by atoms with Crippen LogP contribution >= 0.6 is 0 Å². The summed E-state index contributed by atoms with van der Waals surface area (Å²) in [6.07, 6.45) is 4.69. The van der Waals surface area contributed by atoms with E-state index in [2.05, 4.69) is 4.85 Å². The van der Waals surface area contributed by atoms with Crippen molar-refractivity contribution in [2.24, 2.45) is 0 Å². The molecular formula is C22H21N3O6. The van der Waals surface area contributed by atoms with Crippen molar-refractivity contribution in [2.45, 2.75) is 13.8 Å². The number of carboxylic acids is 2. The zero-order valence-corrected chi connectivity index (χ0v) is 17.0. The van der Waals surface area contributed by atoms with Crippen molar-refractivity contribution in [1.82, 2.24) is 4.90 Å². The van der Waals surface area contributed by atoms with Crippen LogP contribution in [0.3, 0.4) is 0 Å². The summed E-state index contributed by atoms with van der Waals surface area (Å²) in [5.41, 5.74) is 1.51. The van der Waals surface area contributed by atoms with Gasteiger partial charge in [-0.1, -0.05) is 30.4 Å². The van der Waals surface area contributed by atoms with Gasteiger partial charge < -0.3 is 15.1 Å². The smallest absolute Gasteiger partial charge is 0.323 e. The fourth-order valence-corrected chi connectivity index (χ4v) is 3.02. The maximum absolute atomic E-state index is 12.6. The lowest BCUT2D eigenvalue weighted by atomic mass is 9.98. The first-order valence-electron chi connectivity index (χ1n) is 9.31. The van der Waals surface area contributed by atoms with Gasteiger partial charge in [0.1, 0.15) is 13.1 Å². The monoisotopic (exact) mass is 423 g/mol. The van der Waals surface area contributed by atoms with E-state index in [-0.39, 0.29) is 23.4 Å². The Morgan fingerprint density at radius 3 is 2.29 bits per heavy atom. The van der Waals surface area contributed by atoms with E-state index in [0.29, 0.717) is 11.4 Å². The van der Waals surface area contributed by atoms with Gasteiger partial charge in [-0.2, -0.15) is 0 Å². The Labute approximate surface area is 179 Å². The summed E-state index contributed by atoms with van der Waals surface area (Å²) in [7, 11) is 0. The highest BCUT2D eigenvalue weighted by Gasteiger charge is 2.36. The number of amides is 2. The lowest BCUT2D eigenvalue weighted by Gasteiger charge is -2.26. The molecule has 160 valence electrons. The van der Waals surface area contributed by atoms with Crippen LogP contribution in [-0.2, 0) is 19.2 Å². The molecule has 0 bridgehead atoms. The molecule has 9 heteroatoms. The minimum absolute atomic E-state index is 0.0679. The van der Waals surface area contributed by atoms with Crippen molar-refractivity contribution in [3.8, 4) is 0 Å². The summed E-state index contributed by atoms with van der Waals surface area (Å²) in [4.78, 5) is 52.1. The summed E-state index contributed by atoms with van der Waals surface area (Å²) in [6, 6.07) is 7.12. The summed E-state index contributed by atoms with van der Waals surface area (Å²) in [5.74, 6) is -3.97. The minimum atomic E-state index is -1.36. The zero-order chi connectivity index (χ0) is 23.1. The summed E-state index contributed by atoms with van der Waals surface area (Å²) >= 11 is 0. The molecule has 0 radical (unpaired) electrons. The summed E-state index contributed by atoms with van der Waals surface area (Å²) < 4.78 is 0. The maximum atomic E-state index is 12.6. The Morgan fingerprint density at radius 2 is 1.77 bits per heavy atom. The Balaban J connectivity index is 2.28. The van der Waals surface area contributed by atoms with E-state index in [1.54, 1.807) is 41.3 Å². The number of carboxylic acid groups (broad SMARTS) is 2. The first-order chi connectivity index (χ1) is 14.7. The van der Waals surface area contributed by atoms with Gasteiger partial charge in [0.05, 0.1) is 6.57 Å². The minimum Gasteiger partial charge on any atom is -0.480 e.